The fraction of sp³-hybridized carbons (Fsp3) is 0.500. The van der Waals surface area contributed by atoms with E-state index < -0.39 is 0 Å². The van der Waals surface area contributed by atoms with Gasteiger partial charge < -0.3 is 14.8 Å². The van der Waals surface area contributed by atoms with E-state index in [2.05, 4.69) is 29.6 Å². The van der Waals surface area contributed by atoms with Crippen LogP contribution < -0.4 is 5.32 Å². The van der Waals surface area contributed by atoms with Crippen molar-refractivity contribution in [2.45, 2.75) is 12.6 Å². The third kappa shape index (κ3) is 2.78. The zero-order valence-electron chi connectivity index (χ0n) is 9.03. The van der Waals surface area contributed by atoms with Gasteiger partial charge in [-0.15, -0.1) is 0 Å². The number of rotatable bonds is 3. The number of hydrogen-bond acceptors (Lipinski definition) is 3. The SMILES string of the molecule is CNCc1cccc(C2COCCO2)c1. The molecule has 2 rings (SSSR count). The second-order valence-corrected chi connectivity index (χ2v) is 3.71. The van der Waals surface area contributed by atoms with Gasteiger partial charge in [-0.25, -0.2) is 0 Å². The molecular formula is C12H17NO2. The van der Waals surface area contributed by atoms with Crippen molar-refractivity contribution in [1.29, 1.82) is 0 Å². The molecule has 1 heterocycles. The number of benzene rings is 1. The van der Waals surface area contributed by atoms with Crippen LogP contribution in [0.15, 0.2) is 24.3 Å². The van der Waals surface area contributed by atoms with Gasteiger partial charge in [-0.2, -0.15) is 0 Å². The lowest BCUT2D eigenvalue weighted by atomic mass is 10.1. The Kier molecular flexibility index (Phi) is 3.72. The maximum Gasteiger partial charge on any atom is 0.106 e. The van der Waals surface area contributed by atoms with Gasteiger partial charge >= 0.3 is 0 Å². The monoisotopic (exact) mass is 207 g/mol. The highest BCUT2D eigenvalue weighted by Crippen LogP contribution is 2.21. The van der Waals surface area contributed by atoms with Crippen molar-refractivity contribution in [3.63, 3.8) is 0 Å². The summed E-state index contributed by atoms with van der Waals surface area (Å²) in [6, 6.07) is 8.46. The Bertz CT molecular complexity index is 308. The van der Waals surface area contributed by atoms with Gasteiger partial charge in [-0.3, -0.25) is 0 Å². The van der Waals surface area contributed by atoms with Crippen molar-refractivity contribution in [3.8, 4) is 0 Å². The fourth-order valence-electron chi connectivity index (χ4n) is 1.79. The molecule has 1 atom stereocenters. The maximum atomic E-state index is 5.65. The van der Waals surface area contributed by atoms with Gasteiger partial charge in [0.1, 0.15) is 6.10 Å². The first-order valence-corrected chi connectivity index (χ1v) is 5.33. The van der Waals surface area contributed by atoms with Gasteiger partial charge in [-0.05, 0) is 18.2 Å². The van der Waals surface area contributed by atoms with Crippen LogP contribution in [0.1, 0.15) is 17.2 Å². The van der Waals surface area contributed by atoms with Gasteiger partial charge in [0.25, 0.3) is 0 Å². The van der Waals surface area contributed by atoms with Crippen molar-refractivity contribution < 1.29 is 9.47 Å². The topological polar surface area (TPSA) is 30.5 Å². The molecule has 0 saturated carbocycles. The van der Waals surface area contributed by atoms with Gasteiger partial charge in [-0.1, -0.05) is 24.3 Å². The molecular weight excluding hydrogens is 190 g/mol. The molecule has 1 aromatic carbocycles. The van der Waals surface area contributed by atoms with E-state index in [1.165, 1.54) is 11.1 Å². The normalized spacial score (nSPS) is 21.5. The summed E-state index contributed by atoms with van der Waals surface area (Å²) < 4.78 is 11.0. The Hall–Kier alpha value is -0.900. The molecule has 1 N–H and O–H groups in total. The lowest BCUT2D eigenvalue weighted by Crippen LogP contribution is -2.22. The van der Waals surface area contributed by atoms with Crippen LogP contribution in [0.3, 0.4) is 0 Å². The summed E-state index contributed by atoms with van der Waals surface area (Å²) >= 11 is 0. The van der Waals surface area contributed by atoms with Crippen molar-refractivity contribution in [2.75, 3.05) is 26.9 Å². The van der Waals surface area contributed by atoms with Crippen LogP contribution >= 0.6 is 0 Å². The standard InChI is InChI=1S/C12H17NO2/c1-13-8-10-3-2-4-11(7-10)12-9-14-5-6-15-12/h2-4,7,12-13H,5-6,8-9H2,1H3. The summed E-state index contributed by atoms with van der Waals surface area (Å²) in [4.78, 5) is 0. The van der Waals surface area contributed by atoms with E-state index in [0.717, 1.165) is 6.54 Å². The zero-order valence-corrected chi connectivity index (χ0v) is 9.03. The fourth-order valence-corrected chi connectivity index (χ4v) is 1.79. The summed E-state index contributed by atoms with van der Waals surface area (Å²) in [5.41, 5.74) is 2.49. The summed E-state index contributed by atoms with van der Waals surface area (Å²) in [6.07, 6.45) is 0.107. The Morgan fingerprint density at radius 3 is 3.07 bits per heavy atom. The number of nitrogens with one attached hydrogen (secondary N) is 1. The number of hydrogen-bond donors (Lipinski definition) is 1. The highest BCUT2D eigenvalue weighted by atomic mass is 16.6. The van der Waals surface area contributed by atoms with Crippen molar-refractivity contribution in [1.82, 2.24) is 5.32 Å². The molecule has 3 nitrogen and oxygen atoms in total. The van der Waals surface area contributed by atoms with Crippen molar-refractivity contribution in [3.05, 3.63) is 35.4 Å². The van der Waals surface area contributed by atoms with E-state index in [1.54, 1.807) is 0 Å². The van der Waals surface area contributed by atoms with Gasteiger partial charge in [0.15, 0.2) is 0 Å². The third-order valence-corrected chi connectivity index (χ3v) is 2.52. The summed E-state index contributed by atoms with van der Waals surface area (Å²) in [5, 5.41) is 3.14. The first kappa shape index (κ1) is 10.6. The third-order valence-electron chi connectivity index (χ3n) is 2.52. The first-order chi connectivity index (χ1) is 7.40. The second-order valence-electron chi connectivity index (χ2n) is 3.71. The summed E-state index contributed by atoms with van der Waals surface area (Å²) in [5.74, 6) is 0. The van der Waals surface area contributed by atoms with Crippen molar-refractivity contribution >= 4 is 0 Å². The zero-order chi connectivity index (χ0) is 10.5. The van der Waals surface area contributed by atoms with Crippen LogP contribution in [0, 0.1) is 0 Å². The molecule has 0 aromatic heterocycles. The molecule has 1 saturated heterocycles. The van der Waals surface area contributed by atoms with Crippen LogP contribution in [0.4, 0.5) is 0 Å². The minimum atomic E-state index is 0.107. The molecule has 3 heteroatoms. The Morgan fingerprint density at radius 2 is 2.33 bits per heavy atom. The van der Waals surface area contributed by atoms with Crippen LogP contribution in [0.5, 0.6) is 0 Å². The second kappa shape index (κ2) is 5.26. The number of ether oxygens (including phenoxy) is 2. The van der Waals surface area contributed by atoms with Crippen molar-refractivity contribution in [2.24, 2.45) is 0 Å². The van der Waals surface area contributed by atoms with Gasteiger partial charge in [0.05, 0.1) is 19.8 Å². The lowest BCUT2D eigenvalue weighted by Gasteiger charge is -2.23. The smallest absolute Gasteiger partial charge is 0.106 e. The van der Waals surface area contributed by atoms with Gasteiger partial charge in [0, 0.05) is 6.54 Å². The first-order valence-electron chi connectivity index (χ1n) is 5.33. The predicted molar refractivity (Wildman–Crippen MR) is 58.7 cm³/mol. The molecule has 1 fully saturated rings. The van der Waals surface area contributed by atoms with E-state index in [1.807, 2.05) is 7.05 Å². The van der Waals surface area contributed by atoms with Crippen LogP contribution in [0.2, 0.25) is 0 Å². The Morgan fingerprint density at radius 1 is 1.40 bits per heavy atom. The molecule has 1 aromatic rings. The van der Waals surface area contributed by atoms with E-state index >= 15 is 0 Å². The average molecular weight is 207 g/mol. The predicted octanol–water partition coefficient (Wildman–Crippen LogP) is 1.49. The maximum absolute atomic E-state index is 5.65. The average Bonchev–Trinajstić information content (AvgIpc) is 2.31. The lowest BCUT2D eigenvalue weighted by molar-refractivity contribution is -0.0901. The molecule has 1 aliphatic rings. The van der Waals surface area contributed by atoms with E-state index in [0.29, 0.717) is 19.8 Å². The van der Waals surface area contributed by atoms with Gasteiger partial charge in [0.2, 0.25) is 0 Å². The largest absolute Gasteiger partial charge is 0.376 e. The van der Waals surface area contributed by atoms with Crippen LogP contribution in [0.25, 0.3) is 0 Å². The molecule has 0 aliphatic carbocycles. The Balaban J connectivity index is 2.09. The Labute approximate surface area is 90.4 Å². The minimum absolute atomic E-state index is 0.107. The summed E-state index contributed by atoms with van der Waals surface area (Å²) in [7, 11) is 1.95. The van der Waals surface area contributed by atoms with Crippen LogP contribution in [-0.4, -0.2) is 26.9 Å². The molecule has 82 valence electrons. The molecule has 0 bridgehead atoms. The molecule has 0 spiro atoms. The molecule has 1 unspecified atom stereocenters. The minimum Gasteiger partial charge on any atom is -0.376 e. The van der Waals surface area contributed by atoms with E-state index in [-0.39, 0.29) is 6.10 Å². The summed E-state index contributed by atoms with van der Waals surface area (Å²) in [6.45, 7) is 2.97. The molecule has 15 heavy (non-hydrogen) atoms. The quantitative estimate of drug-likeness (QED) is 0.814. The van der Waals surface area contributed by atoms with Crippen LogP contribution in [-0.2, 0) is 16.0 Å². The van der Waals surface area contributed by atoms with E-state index in [9.17, 15) is 0 Å². The molecule has 1 aliphatic heterocycles. The molecule has 0 radical (unpaired) electrons. The highest BCUT2D eigenvalue weighted by Gasteiger charge is 2.16. The van der Waals surface area contributed by atoms with E-state index in [4.69, 9.17) is 9.47 Å². The highest BCUT2D eigenvalue weighted by molar-refractivity contribution is 5.25. The molecule has 0 amide bonds.